The summed E-state index contributed by atoms with van der Waals surface area (Å²) in [6, 6.07) is 0. The topological polar surface area (TPSA) is 69.6 Å². The number of nitrogens with one attached hydrogen (secondary N) is 1. The zero-order chi connectivity index (χ0) is 15.3. The number of carbonyl (C=O) groups excluding carboxylic acids is 2. The van der Waals surface area contributed by atoms with E-state index in [1.807, 2.05) is 4.90 Å². The predicted molar refractivity (Wildman–Crippen MR) is 80.6 cm³/mol. The van der Waals surface area contributed by atoms with Gasteiger partial charge >= 0.3 is 0 Å². The van der Waals surface area contributed by atoms with E-state index in [0.717, 1.165) is 45.2 Å². The van der Waals surface area contributed by atoms with Crippen LogP contribution in [0.1, 0.15) is 51.9 Å². The van der Waals surface area contributed by atoms with Gasteiger partial charge in [0, 0.05) is 38.6 Å². The molecule has 2 rings (SSSR count). The summed E-state index contributed by atoms with van der Waals surface area (Å²) in [7, 11) is 0. The van der Waals surface area contributed by atoms with Gasteiger partial charge in [-0.15, -0.1) is 0 Å². The summed E-state index contributed by atoms with van der Waals surface area (Å²) in [5.41, 5.74) is 0.0228. The Hall–Kier alpha value is -1.10. The number of aliphatic hydroxyl groups excluding tert-OH is 1. The number of amides is 2. The van der Waals surface area contributed by atoms with Gasteiger partial charge in [-0.25, -0.2) is 0 Å². The molecule has 0 aromatic rings. The van der Waals surface area contributed by atoms with Crippen LogP contribution in [0.25, 0.3) is 0 Å². The normalized spacial score (nSPS) is 21.1. The Morgan fingerprint density at radius 2 is 1.95 bits per heavy atom. The molecule has 0 spiro atoms. The maximum atomic E-state index is 12.1. The molecule has 0 radical (unpaired) electrons. The lowest BCUT2D eigenvalue weighted by Crippen LogP contribution is -2.44. The molecular formula is C16H28N2O3. The monoisotopic (exact) mass is 296 g/mol. The molecule has 1 heterocycles. The van der Waals surface area contributed by atoms with E-state index in [2.05, 4.69) is 12.2 Å². The Bertz CT molecular complexity index is 366. The number of rotatable bonds is 7. The molecule has 5 nitrogen and oxygen atoms in total. The largest absolute Gasteiger partial charge is 0.396 e. The van der Waals surface area contributed by atoms with Crippen LogP contribution in [0, 0.1) is 11.3 Å². The van der Waals surface area contributed by atoms with Crippen molar-refractivity contribution in [2.45, 2.75) is 51.9 Å². The zero-order valence-corrected chi connectivity index (χ0v) is 13.1. The summed E-state index contributed by atoms with van der Waals surface area (Å²) in [4.78, 5) is 25.5. The highest BCUT2D eigenvalue weighted by molar-refractivity contribution is 5.81. The summed E-state index contributed by atoms with van der Waals surface area (Å²) >= 11 is 0. The second-order valence-electron chi connectivity index (χ2n) is 6.56. The first kappa shape index (κ1) is 16.3. The Morgan fingerprint density at radius 1 is 1.29 bits per heavy atom. The van der Waals surface area contributed by atoms with E-state index < -0.39 is 0 Å². The number of hydrogen-bond acceptors (Lipinski definition) is 3. The van der Waals surface area contributed by atoms with Crippen LogP contribution >= 0.6 is 0 Å². The smallest absolute Gasteiger partial charge is 0.223 e. The lowest BCUT2D eigenvalue weighted by atomic mass is 9.77. The third kappa shape index (κ3) is 4.43. The van der Waals surface area contributed by atoms with Crippen LogP contribution in [0.15, 0.2) is 0 Å². The maximum absolute atomic E-state index is 12.1. The molecule has 120 valence electrons. The molecule has 0 unspecified atom stereocenters. The van der Waals surface area contributed by atoms with Crippen molar-refractivity contribution in [3.8, 4) is 0 Å². The quantitative estimate of drug-likeness (QED) is 0.696. The van der Waals surface area contributed by atoms with Crippen molar-refractivity contribution in [2.24, 2.45) is 11.3 Å². The third-order valence-electron chi connectivity index (χ3n) is 5.08. The summed E-state index contributed by atoms with van der Waals surface area (Å²) in [6.07, 6.45) is 6.01. The van der Waals surface area contributed by atoms with Crippen LogP contribution in [0.5, 0.6) is 0 Å². The van der Waals surface area contributed by atoms with Crippen molar-refractivity contribution in [2.75, 3.05) is 26.2 Å². The summed E-state index contributed by atoms with van der Waals surface area (Å²) < 4.78 is 0. The van der Waals surface area contributed by atoms with Crippen molar-refractivity contribution in [3.63, 3.8) is 0 Å². The molecule has 2 N–H and O–H groups in total. The van der Waals surface area contributed by atoms with Crippen molar-refractivity contribution < 1.29 is 14.7 Å². The fourth-order valence-corrected chi connectivity index (χ4v) is 2.95. The molecule has 1 aliphatic carbocycles. The molecule has 5 heteroatoms. The van der Waals surface area contributed by atoms with Crippen LogP contribution in [-0.4, -0.2) is 48.1 Å². The number of aliphatic hydroxyl groups is 1. The number of likely N-dealkylation sites (tertiary alicyclic amines) is 1. The van der Waals surface area contributed by atoms with Gasteiger partial charge in [-0.05, 0) is 43.9 Å². The molecule has 0 atom stereocenters. The number of hydrogen-bond donors (Lipinski definition) is 2. The Labute approximate surface area is 127 Å². The molecule has 0 aromatic carbocycles. The second-order valence-corrected chi connectivity index (χ2v) is 6.56. The van der Waals surface area contributed by atoms with Crippen LogP contribution in [-0.2, 0) is 9.59 Å². The SMILES string of the molecule is CCC1(CO)CCN(C(=O)CCCNC(=O)C2CC2)CC1. The lowest BCUT2D eigenvalue weighted by Gasteiger charge is -2.40. The van der Waals surface area contributed by atoms with E-state index in [1.165, 1.54) is 0 Å². The minimum atomic E-state index is 0.0228. The molecule has 21 heavy (non-hydrogen) atoms. The van der Waals surface area contributed by atoms with Crippen molar-refractivity contribution >= 4 is 11.8 Å². The molecule has 2 fully saturated rings. The summed E-state index contributed by atoms with van der Waals surface area (Å²) in [6.45, 7) is 4.43. The third-order valence-corrected chi connectivity index (χ3v) is 5.08. The van der Waals surface area contributed by atoms with Gasteiger partial charge in [0.1, 0.15) is 0 Å². The van der Waals surface area contributed by atoms with Gasteiger partial charge < -0.3 is 15.3 Å². The zero-order valence-electron chi connectivity index (χ0n) is 13.1. The van der Waals surface area contributed by atoms with E-state index in [-0.39, 0.29) is 29.8 Å². The van der Waals surface area contributed by atoms with Crippen LogP contribution in [0.2, 0.25) is 0 Å². The van der Waals surface area contributed by atoms with Gasteiger partial charge in [0.05, 0.1) is 0 Å². The fraction of sp³-hybridized carbons (Fsp3) is 0.875. The Morgan fingerprint density at radius 3 is 2.48 bits per heavy atom. The highest BCUT2D eigenvalue weighted by Crippen LogP contribution is 2.34. The molecule has 1 saturated heterocycles. The van der Waals surface area contributed by atoms with E-state index in [9.17, 15) is 14.7 Å². The standard InChI is InChI=1S/C16H28N2O3/c1-2-16(12-19)7-10-18(11-8-16)14(20)4-3-9-17-15(21)13-5-6-13/h13,19H,2-12H2,1H3,(H,17,21). The van der Waals surface area contributed by atoms with Crippen molar-refractivity contribution in [3.05, 3.63) is 0 Å². The van der Waals surface area contributed by atoms with Gasteiger partial charge in [-0.2, -0.15) is 0 Å². The second kappa shape index (κ2) is 7.25. The lowest BCUT2D eigenvalue weighted by molar-refractivity contribution is -0.134. The molecule has 0 aromatic heterocycles. The van der Waals surface area contributed by atoms with Crippen LogP contribution < -0.4 is 5.32 Å². The molecule has 0 bridgehead atoms. The first-order valence-corrected chi connectivity index (χ1v) is 8.26. The van der Waals surface area contributed by atoms with Gasteiger partial charge in [0.2, 0.25) is 11.8 Å². The van der Waals surface area contributed by atoms with Gasteiger partial charge in [-0.3, -0.25) is 9.59 Å². The number of nitrogens with zero attached hydrogens (tertiary/aromatic N) is 1. The number of piperidine rings is 1. The van der Waals surface area contributed by atoms with Crippen molar-refractivity contribution in [1.29, 1.82) is 0 Å². The first-order chi connectivity index (χ1) is 10.1. The molecule has 2 aliphatic rings. The molecular weight excluding hydrogens is 268 g/mol. The van der Waals surface area contributed by atoms with E-state index in [4.69, 9.17) is 0 Å². The average molecular weight is 296 g/mol. The van der Waals surface area contributed by atoms with Gasteiger partial charge in [0.25, 0.3) is 0 Å². The highest BCUT2D eigenvalue weighted by atomic mass is 16.3. The maximum Gasteiger partial charge on any atom is 0.223 e. The Kier molecular flexibility index (Phi) is 5.62. The molecule has 1 saturated carbocycles. The van der Waals surface area contributed by atoms with E-state index >= 15 is 0 Å². The van der Waals surface area contributed by atoms with Gasteiger partial charge in [-0.1, -0.05) is 6.92 Å². The summed E-state index contributed by atoms with van der Waals surface area (Å²) in [5.74, 6) is 0.567. The minimum absolute atomic E-state index is 0.0228. The highest BCUT2D eigenvalue weighted by Gasteiger charge is 2.33. The Balaban J connectivity index is 1.61. The van der Waals surface area contributed by atoms with Crippen LogP contribution in [0.3, 0.4) is 0 Å². The first-order valence-electron chi connectivity index (χ1n) is 8.26. The van der Waals surface area contributed by atoms with Crippen molar-refractivity contribution in [1.82, 2.24) is 10.2 Å². The summed E-state index contributed by atoms with van der Waals surface area (Å²) in [5, 5.41) is 12.4. The van der Waals surface area contributed by atoms with Gasteiger partial charge in [0.15, 0.2) is 0 Å². The van der Waals surface area contributed by atoms with E-state index in [1.54, 1.807) is 0 Å². The predicted octanol–water partition coefficient (Wildman–Crippen LogP) is 1.30. The fourth-order valence-electron chi connectivity index (χ4n) is 2.95. The van der Waals surface area contributed by atoms with Crippen LogP contribution in [0.4, 0.5) is 0 Å². The minimum Gasteiger partial charge on any atom is -0.396 e. The number of carbonyl (C=O) groups is 2. The molecule has 2 amide bonds. The molecule has 1 aliphatic heterocycles. The van der Waals surface area contributed by atoms with E-state index in [0.29, 0.717) is 19.4 Å². The average Bonchev–Trinajstić information content (AvgIpc) is 3.36.